The lowest BCUT2D eigenvalue weighted by Crippen LogP contribution is -2.52. The Hall–Kier alpha value is -2.29. The zero-order valence-corrected chi connectivity index (χ0v) is 14.3. The molecular weight excluding hydrogens is 336 g/mol. The van der Waals surface area contributed by atoms with Gasteiger partial charge < -0.3 is 20.6 Å². The highest BCUT2D eigenvalue weighted by Crippen LogP contribution is 2.28. The van der Waals surface area contributed by atoms with Crippen LogP contribution in [0.5, 0.6) is 0 Å². The van der Waals surface area contributed by atoms with Gasteiger partial charge in [-0.15, -0.1) is 0 Å². The molecule has 0 radical (unpaired) electrons. The van der Waals surface area contributed by atoms with Gasteiger partial charge in [-0.1, -0.05) is 12.1 Å². The van der Waals surface area contributed by atoms with Crippen LogP contribution in [0.25, 0.3) is 0 Å². The van der Waals surface area contributed by atoms with Crippen LogP contribution in [0.15, 0.2) is 18.2 Å². The number of rotatable bonds is 4. The van der Waals surface area contributed by atoms with Gasteiger partial charge in [0, 0.05) is 44.2 Å². The molecule has 0 saturated carbocycles. The zero-order chi connectivity index (χ0) is 18.3. The van der Waals surface area contributed by atoms with Gasteiger partial charge in [0.05, 0.1) is 6.10 Å². The molecule has 0 aliphatic carbocycles. The number of imide groups is 1. The maximum atomic E-state index is 12.6. The fourth-order valence-electron chi connectivity index (χ4n) is 3.86. The van der Waals surface area contributed by atoms with Crippen LogP contribution in [0.3, 0.4) is 0 Å². The molecule has 1 aromatic rings. The maximum Gasteiger partial charge on any atom is 0.255 e. The number of piperidine rings is 1. The summed E-state index contributed by atoms with van der Waals surface area (Å²) in [6, 6.07) is 5.09. The molecule has 2 fully saturated rings. The lowest BCUT2D eigenvalue weighted by molar-refractivity contribution is -0.136. The van der Waals surface area contributed by atoms with E-state index in [9.17, 15) is 19.5 Å². The van der Waals surface area contributed by atoms with Crippen molar-refractivity contribution in [3.8, 4) is 0 Å². The van der Waals surface area contributed by atoms with E-state index in [1.165, 1.54) is 0 Å². The average molecular weight is 358 g/mol. The molecule has 3 heterocycles. The second kappa shape index (κ2) is 6.79. The highest BCUT2D eigenvalue weighted by atomic mass is 16.3. The molecule has 3 amide bonds. The summed E-state index contributed by atoms with van der Waals surface area (Å²) >= 11 is 0. The summed E-state index contributed by atoms with van der Waals surface area (Å²) in [5.74, 6) is -0.844. The molecule has 3 atom stereocenters. The second-order valence-corrected chi connectivity index (χ2v) is 7.10. The number of fused-ring (bicyclic) bond motifs is 1. The van der Waals surface area contributed by atoms with Gasteiger partial charge in [-0.25, -0.2) is 0 Å². The Morgan fingerprint density at radius 2 is 2.08 bits per heavy atom. The normalized spacial score (nSPS) is 28.4. The van der Waals surface area contributed by atoms with Crippen molar-refractivity contribution < 1.29 is 19.5 Å². The van der Waals surface area contributed by atoms with Gasteiger partial charge in [0.1, 0.15) is 6.04 Å². The second-order valence-electron chi connectivity index (χ2n) is 7.10. The third kappa shape index (κ3) is 3.11. The fraction of sp³-hybridized carbons (Fsp3) is 0.500. The van der Waals surface area contributed by atoms with E-state index in [-0.39, 0.29) is 24.3 Å². The molecule has 3 aliphatic heterocycles. The average Bonchev–Trinajstić information content (AvgIpc) is 3.16. The smallest absolute Gasteiger partial charge is 0.255 e. The minimum Gasteiger partial charge on any atom is -0.390 e. The van der Waals surface area contributed by atoms with Crippen LogP contribution in [0, 0.1) is 0 Å². The lowest BCUT2D eigenvalue weighted by atomic mass is 10.0. The number of hydrogen-bond acceptors (Lipinski definition) is 6. The van der Waals surface area contributed by atoms with E-state index in [1.54, 1.807) is 11.0 Å². The van der Waals surface area contributed by atoms with Gasteiger partial charge >= 0.3 is 0 Å². The Morgan fingerprint density at radius 3 is 2.81 bits per heavy atom. The van der Waals surface area contributed by atoms with Crippen LogP contribution >= 0.6 is 0 Å². The van der Waals surface area contributed by atoms with E-state index >= 15 is 0 Å². The lowest BCUT2D eigenvalue weighted by Gasteiger charge is -2.29. The predicted molar refractivity (Wildman–Crippen MR) is 92.0 cm³/mol. The van der Waals surface area contributed by atoms with Crippen molar-refractivity contribution in [3.63, 3.8) is 0 Å². The van der Waals surface area contributed by atoms with Crippen molar-refractivity contribution in [2.75, 3.05) is 13.1 Å². The van der Waals surface area contributed by atoms with Crippen molar-refractivity contribution in [1.29, 1.82) is 0 Å². The highest BCUT2D eigenvalue weighted by Gasteiger charge is 2.39. The topological polar surface area (TPSA) is 111 Å². The van der Waals surface area contributed by atoms with E-state index in [2.05, 4.69) is 16.0 Å². The van der Waals surface area contributed by atoms with Gasteiger partial charge in [-0.2, -0.15) is 0 Å². The van der Waals surface area contributed by atoms with Crippen molar-refractivity contribution in [3.05, 3.63) is 34.9 Å². The zero-order valence-electron chi connectivity index (χ0n) is 14.3. The quantitative estimate of drug-likeness (QED) is 0.507. The Kier molecular flexibility index (Phi) is 4.47. The first-order chi connectivity index (χ1) is 12.5. The molecule has 3 aliphatic rings. The van der Waals surface area contributed by atoms with Crippen LogP contribution < -0.4 is 16.0 Å². The molecule has 0 spiro atoms. The fourth-order valence-corrected chi connectivity index (χ4v) is 3.86. The molecule has 8 nitrogen and oxygen atoms in total. The summed E-state index contributed by atoms with van der Waals surface area (Å²) in [5.41, 5.74) is 2.53. The summed E-state index contributed by atoms with van der Waals surface area (Å²) in [5, 5.41) is 18.6. The molecule has 2 saturated heterocycles. The minimum atomic E-state index is -0.589. The summed E-state index contributed by atoms with van der Waals surface area (Å²) < 4.78 is 0. The Balaban J connectivity index is 1.44. The molecule has 4 rings (SSSR count). The van der Waals surface area contributed by atoms with Crippen LogP contribution in [-0.4, -0.2) is 59.0 Å². The van der Waals surface area contributed by atoms with Crippen LogP contribution in [0.4, 0.5) is 0 Å². The monoisotopic (exact) mass is 358 g/mol. The molecule has 0 aromatic heterocycles. The van der Waals surface area contributed by atoms with Gasteiger partial charge in [-0.3, -0.25) is 19.7 Å². The molecule has 0 bridgehead atoms. The number of aliphatic hydroxyl groups is 1. The van der Waals surface area contributed by atoms with Crippen molar-refractivity contribution in [2.45, 2.75) is 44.1 Å². The first kappa shape index (κ1) is 17.1. The summed E-state index contributed by atoms with van der Waals surface area (Å²) in [6.07, 6.45) is 0.225. The van der Waals surface area contributed by atoms with Gasteiger partial charge in [0.15, 0.2) is 0 Å². The number of hydrogen-bond donors (Lipinski definition) is 4. The molecule has 1 unspecified atom stereocenters. The first-order valence-electron chi connectivity index (χ1n) is 8.91. The minimum absolute atomic E-state index is 0.0184. The summed E-state index contributed by atoms with van der Waals surface area (Å²) in [7, 11) is 0. The molecular formula is C18H22N4O4. The largest absolute Gasteiger partial charge is 0.390 e. The molecule has 138 valence electrons. The number of benzene rings is 1. The van der Waals surface area contributed by atoms with Gasteiger partial charge in [-0.05, 0) is 23.6 Å². The Labute approximate surface area is 150 Å². The van der Waals surface area contributed by atoms with E-state index in [1.807, 2.05) is 12.1 Å². The number of amides is 3. The van der Waals surface area contributed by atoms with Crippen LogP contribution in [-0.2, 0) is 22.7 Å². The number of carbonyl (C=O) groups is 3. The number of nitrogens with one attached hydrogen (secondary N) is 3. The highest BCUT2D eigenvalue weighted by molar-refractivity contribution is 6.05. The van der Waals surface area contributed by atoms with E-state index in [0.717, 1.165) is 17.7 Å². The van der Waals surface area contributed by atoms with Crippen LogP contribution in [0.2, 0.25) is 0 Å². The standard InChI is InChI=1S/C18H22N4O4/c23-15-8-19-7-13(15)20-6-10-1-2-12-11(5-10)9-22(18(12)26)14-3-4-16(24)21-17(14)25/h1-2,5,13-15,19-20,23H,3-4,6-9H2,(H,21,24,25)/t13-,14?,15-/m1/s1. The third-order valence-electron chi connectivity index (χ3n) is 5.34. The van der Waals surface area contributed by atoms with Crippen LogP contribution in [0.1, 0.15) is 34.3 Å². The number of β-amino-alcohol motifs (C(OH)–C–C–N with tert-alkyl or cyclic N) is 1. The maximum absolute atomic E-state index is 12.6. The van der Waals surface area contributed by atoms with Crippen molar-refractivity contribution in [1.82, 2.24) is 20.9 Å². The third-order valence-corrected chi connectivity index (χ3v) is 5.34. The Morgan fingerprint density at radius 1 is 1.23 bits per heavy atom. The van der Waals surface area contributed by atoms with Gasteiger partial charge in [0.2, 0.25) is 11.8 Å². The van der Waals surface area contributed by atoms with E-state index in [0.29, 0.717) is 31.6 Å². The van der Waals surface area contributed by atoms with Crippen molar-refractivity contribution in [2.24, 2.45) is 0 Å². The molecule has 8 heteroatoms. The summed E-state index contributed by atoms with van der Waals surface area (Å²) in [4.78, 5) is 37.6. The van der Waals surface area contributed by atoms with E-state index in [4.69, 9.17) is 0 Å². The summed E-state index contributed by atoms with van der Waals surface area (Å²) in [6.45, 7) is 2.30. The predicted octanol–water partition coefficient (Wildman–Crippen LogP) is -1.13. The molecule has 4 N–H and O–H groups in total. The first-order valence-corrected chi connectivity index (χ1v) is 8.91. The number of aliphatic hydroxyl groups excluding tert-OH is 1. The number of nitrogens with zero attached hydrogens (tertiary/aromatic N) is 1. The van der Waals surface area contributed by atoms with E-state index < -0.39 is 18.1 Å². The molecule has 1 aromatic carbocycles. The van der Waals surface area contributed by atoms with Crippen molar-refractivity contribution >= 4 is 17.7 Å². The van der Waals surface area contributed by atoms with Gasteiger partial charge in [0.25, 0.3) is 5.91 Å². The molecule has 26 heavy (non-hydrogen) atoms. The number of carbonyl (C=O) groups excluding carboxylic acids is 3. The SMILES string of the molecule is O=C1CCC(N2Cc3cc(CN[C@@H]4CNC[C@H]4O)ccc3C2=O)C(=O)N1. The Bertz CT molecular complexity index is 766.